The number of carbonyl (C=O) groups is 1. The Hall–Kier alpha value is -0.500. The van der Waals surface area contributed by atoms with Gasteiger partial charge in [-0.05, 0) is 6.07 Å². The van der Waals surface area contributed by atoms with Crippen LogP contribution < -0.4 is 0 Å². The first-order chi connectivity index (χ1) is 6.84. The van der Waals surface area contributed by atoms with Crippen LogP contribution in [0.2, 0.25) is 0 Å². The second-order valence-corrected chi connectivity index (χ2v) is 5.52. The summed E-state index contributed by atoms with van der Waals surface area (Å²) in [7, 11) is 0. The molecule has 82 valence electrons. The van der Waals surface area contributed by atoms with Crippen LogP contribution in [-0.2, 0) is 6.18 Å². The van der Waals surface area contributed by atoms with Crippen molar-refractivity contribution in [3.05, 3.63) is 23.5 Å². The number of nitrogens with zero attached hydrogens (tertiary/aromatic N) is 2. The fraction of sp³-hybridized carbons (Fsp3) is 0.286. The van der Waals surface area contributed by atoms with E-state index in [0.29, 0.717) is 6.07 Å². The van der Waals surface area contributed by atoms with E-state index in [1.807, 2.05) is 0 Å². The van der Waals surface area contributed by atoms with E-state index < -0.39 is 27.0 Å². The molecule has 1 rings (SSSR count). The van der Waals surface area contributed by atoms with Crippen LogP contribution >= 0.6 is 31.9 Å². The number of hydrogen-bond donors (Lipinski definition) is 0. The Morgan fingerprint density at radius 2 is 2.00 bits per heavy atom. The molecular formula is C7H3Br2F3N2O. The van der Waals surface area contributed by atoms with Crippen molar-refractivity contribution in [1.82, 2.24) is 10.2 Å². The van der Waals surface area contributed by atoms with Gasteiger partial charge in [-0.2, -0.15) is 18.3 Å². The summed E-state index contributed by atoms with van der Waals surface area (Å²) in [4.78, 5) is 11.3. The third kappa shape index (κ3) is 2.97. The Balaban J connectivity index is 3.25. The highest BCUT2D eigenvalue weighted by atomic mass is 79.9. The zero-order chi connectivity index (χ0) is 11.6. The van der Waals surface area contributed by atoms with Crippen LogP contribution in [0.5, 0.6) is 0 Å². The Labute approximate surface area is 99.3 Å². The molecule has 1 aromatic heterocycles. The molecule has 0 spiro atoms. The molecule has 15 heavy (non-hydrogen) atoms. The zero-order valence-corrected chi connectivity index (χ0v) is 10.1. The van der Waals surface area contributed by atoms with Crippen molar-refractivity contribution in [2.75, 3.05) is 0 Å². The maximum atomic E-state index is 12.4. The van der Waals surface area contributed by atoms with E-state index in [1.54, 1.807) is 0 Å². The Bertz CT molecular complexity index is 381. The Morgan fingerprint density at radius 1 is 1.40 bits per heavy atom. The van der Waals surface area contributed by atoms with Gasteiger partial charge in [-0.1, -0.05) is 31.9 Å². The highest BCUT2D eigenvalue weighted by molar-refractivity contribution is 9.25. The number of halogens is 5. The van der Waals surface area contributed by atoms with Crippen LogP contribution in [0.1, 0.15) is 16.1 Å². The highest BCUT2D eigenvalue weighted by Gasteiger charge is 2.37. The maximum absolute atomic E-state index is 12.4. The van der Waals surface area contributed by atoms with Crippen molar-refractivity contribution in [3.8, 4) is 0 Å². The lowest BCUT2D eigenvalue weighted by molar-refractivity contribution is -0.138. The summed E-state index contributed by atoms with van der Waals surface area (Å²) in [6.07, 6.45) is -3.73. The summed E-state index contributed by atoms with van der Waals surface area (Å²) in [6.45, 7) is 0. The number of alkyl halides is 5. The van der Waals surface area contributed by atoms with Crippen molar-refractivity contribution in [2.45, 2.75) is 9.91 Å². The Kier molecular flexibility index (Phi) is 3.82. The van der Waals surface area contributed by atoms with Gasteiger partial charge in [-0.15, -0.1) is 5.10 Å². The molecule has 0 saturated heterocycles. The third-order valence-corrected chi connectivity index (χ3v) is 2.29. The van der Waals surface area contributed by atoms with Gasteiger partial charge in [0.1, 0.15) is 9.43 Å². The van der Waals surface area contributed by atoms with E-state index in [0.717, 1.165) is 6.20 Å². The molecule has 0 radical (unpaired) electrons. The predicted octanol–water partition coefficient (Wildman–Crippen LogP) is 2.79. The molecule has 0 N–H and O–H groups in total. The quantitative estimate of drug-likeness (QED) is 0.610. The third-order valence-electron chi connectivity index (χ3n) is 1.46. The number of Topliss-reactive ketones (excluding diaryl/α,β-unsaturated/α-hetero) is 1. The van der Waals surface area contributed by atoms with Gasteiger partial charge in [0.25, 0.3) is 0 Å². The van der Waals surface area contributed by atoms with Crippen LogP contribution in [0.15, 0.2) is 12.3 Å². The number of rotatable bonds is 2. The summed E-state index contributed by atoms with van der Waals surface area (Å²) in [5, 5.41) is 6.44. The van der Waals surface area contributed by atoms with E-state index in [4.69, 9.17) is 0 Å². The van der Waals surface area contributed by atoms with E-state index in [2.05, 4.69) is 42.1 Å². The fourth-order valence-corrected chi connectivity index (χ4v) is 1.28. The van der Waals surface area contributed by atoms with E-state index >= 15 is 0 Å². The smallest absolute Gasteiger partial charge is 0.290 e. The molecule has 0 aliphatic carbocycles. The van der Waals surface area contributed by atoms with Crippen LogP contribution in [0.25, 0.3) is 0 Å². The van der Waals surface area contributed by atoms with Crippen LogP contribution in [0.4, 0.5) is 13.2 Å². The van der Waals surface area contributed by atoms with Crippen molar-refractivity contribution in [3.63, 3.8) is 0 Å². The second-order valence-electron chi connectivity index (χ2n) is 2.46. The average Bonchev–Trinajstić information content (AvgIpc) is 2.15. The van der Waals surface area contributed by atoms with Gasteiger partial charge in [0.2, 0.25) is 5.78 Å². The summed E-state index contributed by atoms with van der Waals surface area (Å²) in [5.74, 6) is -0.824. The average molecular weight is 348 g/mol. The van der Waals surface area contributed by atoms with E-state index in [1.165, 1.54) is 0 Å². The number of carbonyl (C=O) groups excluding carboxylic acids is 1. The summed E-state index contributed by atoms with van der Waals surface area (Å²) >= 11 is 5.62. The monoisotopic (exact) mass is 346 g/mol. The molecule has 1 aromatic rings. The van der Waals surface area contributed by atoms with E-state index in [9.17, 15) is 18.0 Å². The predicted molar refractivity (Wildman–Crippen MR) is 53.0 cm³/mol. The van der Waals surface area contributed by atoms with Crippen LogP contribution in [-0.4, -0.2) is 19.7 Å². The molecule has 0 aliphatic rings. The first-order valence-corrected chi connectivity index (χ1v) is 5.38. The second kappa shape index (κ2) is 4.56. The number of hydrogen-bond acceptors (Lipinski definition) is 3. The lowest BCUT2D eigenvalue weighted by Gasteiger charge is -2.09. The summed E-state index contributed by atoms with van der Waals surface area (Å²) in [5.41, 5.74) is -1.80. The van der Waals surface area contributed by atoms with Gasteiger partial charge >= 0.3 is 6.18 Å². The summed E-state index contributed by atoms with van der Waals surface area (Å²) < 4.78 is 36.4. The largest absolute Gasteiger partial charge is 0.418 e. The molecule has 8 heteroatoms. The van der Waals surface area contributed by atoms with Gasteiger partial charge in [-0.25, -0.2) is 0 Å². The topological polar surface area (TPSA) is 42.9 Å². The highest BCUT2D eigenvalue weighted by Crippen LogP contribution is 2.32. The number of ketones is 1. The van der Waals surface area contributed by atoms with Crippen LogP contribution in [0.3, 0.4) is 0 Å². The van der Waals surface area contributed by atoms with Gasteiger partial charge in [-0.3, -0.25) is 4.79 Å². The Morgan fingerprint density at radius 3 is 2.47 bits per heavy atom. The maximum Gasteiger partial charge on any atom is 0.418 e. The normalized spacial score (nSPS) is 11.9. The number of aromatic nitrogens is 2. The molecule has 0 atom stereocenters. The molecule has 0 bridgehead atoms. The van der Waals surface area contributed by atoms with Gasteiger partial charge in [0.05, 0.1) is 11.8 Å². The standard InChI is InChI=1S/C7H3Br2F3N2O/c8-6(9)5(15)4-3(7(10,11)12)1-2-13-14-4/h1-2,6H. The first-order valence-electron chi connectivity index (χ1n) is 3.55. The zero-order valence-electron chi connectivity index (χ0n) is 6.92. The summed E-state index contributed by atoms with van der Waals surface area (Å²) in [6, 6.07) is 0.711. The molecule has 0 aliphatic heterocycles. The van der Waals surface area contributed by atoms with Gasteiger partial charge < -0.3 is 0 Å². The first kappa shape index (κ1) is 12.6. The SMILES string of the molecule is O=C(c1nnccc1C(F)(F)F)C(Br)Br. The minimum Gasteiger partial charge on any atom is -0.290 e. The van der Waals surface area contributed by atoms with Crippen molar-refractivity contribution in [1.29, 1.82) is 0 Å². The molecule has 0 amide bonds. The van der Waals surface area contributed by atoms with Gasteiger partial charge in [0, 0.05) is 0 Å². The molecular weight excluding hydrogens is 345 g/mol. The van der Waals surface area contributed by atoms with Crippen molar-refractivity contribution in [2.24, 2.45) is 0 Å². The molecule has 0 unspecified atom stereocenters. The van der Waals surface area contributed by atoms with Crippen molar-refractivity contribution < 1.29 is 18.0 Å². The lowest BCUT2D eigenvalue weighted by atomic mass is 10.1. The minimum absolute atomic E-state index is 0.705. The van der Waals surface area contributed by atoms with Crippen LogP contribution in [0, 0.1) is 0 Å². The molecule has 3 nitrogen and oxygen atoms in total. The van der Waals surface area contributed by atoms with E-state index in [-0.39, 0.29) is 0 Å². The lowest BCUT2D eigenvalue weighted by Crippen LogP contribution is -2.18. The molecule has 0 aromatic carbocycles. The molecule has 0 fully saturated rings. The molecule has 0 saturated carbocycles. The van der Waals surface area contributed by atoms with Crippen molar-refractivity contribution >= 4 is 37.6 Å². The minimum atomic E-state index is -4.62. The fourth-order valence-electron chi connectivity index (χ4n) is 0.846. The van der Waals surface area contributed by atoms with Gasteiger partial charge in [0.15, 0.2) is 0 Å². The molecule has 1 heterocycles.